The molecule has 2 nitrogen and oxygen atoms in total. The molecular formula is C11H16Cl2N2. The van der Waals surface area contributed by atoms with E-state index in [-0.39, 0.29) is 6.04 Å². The summed E-state index contributed by atoms with van der Waals surface area (Å²) in [5, 5.41) is 1.26. The van der Waals surface area contributed by atoms with Crippen molar-refractivity contribution in [2.75, 3.05) is 6.54 Å². The smallest absolute Gasteiger partial charge is 0.0424 e. The van der Waals surface area contributed by atoms with Crippen LogP contribution in [-0.2, 0) is 0 Å². The van der Waals surface area contributed by atoms with Crippen LogP contribution in [0.2, 0.25) is 10.0 Å². The molecule has 0 fully saturated rings. The van der Waals surface area contributed by atoms with Crippen molar-refractivity contribution in [3.63, 3.8) is 0 Å². The quantitative estimate of drug-likeness (QED) is 0.785. The predicted molar refractivity (Wildman–Crippen MR) is 66.3 cm³/mol. The molecule has 0 radical (unpaired) electrons. The Balaban J connectivity index is 2.60. The standard InChI is InChI=1S/C11H16Cl2N2/c12-9-5-8(6-10(13)7-9)11(15)3-1-2-4-14/h5-7,11H,1-4,14-15H2/t11-/m0/s1. The fourth-order valence-corrected chi connectivity index (χ4v) is 2.01. The van der Waals surface area contributed by atoms with E-state index in [9.17, 15) is 0 Å². The maximum Gasteiger partial charge on any atom is 0.0424 e. The highest BCUT2D eigenvalue weighted by Crippen LogP contribution is 2.24. The van der Waals surface area contributed by atoms with Crippen LogP contribution in [0.3, 0.4) is 0 Å². The van der Waals surface area contributed by atoms with Crippen molar-refractivity contribution >= 4 is 23.2 Å². The lowest BCUT2D eigenvalue weighted by Gasteiger charge is -2.12. The molecule has 0 unspecified atom stereocenters. The van der Waals surface area contributed by atoms with Gasteiger partial charge < -0.3 is 11.5 Å². The van der Waals surface area contributed by atoms with E-state index in [0.29, 0.717) is 16.6 Å². The molecule has 15 heavy (non-hydrogen) atoms. The second kappa shape index (κ2) is 6.33. The van der Waals surface area contributed by atoms with Crippen LogP contribution in [0.4, 0.5) is 0 Å². The van der Waals surface area contributed by atoms with Crippen LogP contribution in [0.1, 0.15) is 30.9 Å². The Morgan fingerprint density at radius 1 is 1.07 bits per heavy atom. The maximum absolute atomic E-state index is 6.02. The highest BCUT2D eigenvalue weighted by molar-refractivity contribution is 6.34. The van der Waals surface area contributed by atoms with Gasteiger partial charge in [0.15, 0.2) is 0 Å². The van der Waals surface area contributed by atoms with Crippen molar-refractivity contribution in [1.82, 2.24) is 0 Å². The summed E-state index contributed by atoms with van der Waals surface area (Å²) in [4.78, 5) is 0. The zero-order chi connectivity index (χ0) is 11.3. The summed E-state index contributed by atoms with van der Waals surface area (Å²) >= 11 is 11.8. The van der Waals surface area contributed by atoms with Crippen molar-refractivity contribution in [3.8, 4) is 0 Å². The molecule has 0 saturated carbocycles. The van der Waals surface area contributed by atoms with E-state index in [1.807, 2.05) is 12.1 Å². The first-order valence-corrected chi connectivity index (χ1v) is 5.80. The molecule has 0 aliphatic heterocycles. The number of hydrogen-bond donors (Lipinski definition) is 2. The normalized spacial score (nSPS) is 12.8. The first-order chi connectivity index (χ1) is 7.13. The number of hydrogen-bond acceptors (Lipinski definition) is 2. The van der Waals surface area contributed by atoms with Crippen LogP contribution in [0, 0.1) is 0 Å². The van der Waals surface area contributed by atoms with Gasteiger partial charge in [-0.1, -0.05) is 29.6 Å². The fourth-order valence-electron chi connectivity index (χ4n) is 1.46. The topological polar surface area (TPSA) is 52.0 Å². The van der Waals surface area contributed by atoms with Crippen molar-refractivity contribution < 1.29 is 0 Å². The Hall–Kier alpha value is -0.280. The molecule has 1 atom stereocenters. The molecule has 0 saturated heterocycles. The van der Waals surface area contributed by atoms with Gasteiger partial charge in [-0.15, -0.1) is 0 Å². The first kappa shape index (κ1) is 12.8. The number of benzene rings is 1. The van der Waals surface area contributed by atoms with E-state index >= 15 is 0 Å². The Labute approximate surface area is 101 Å². The van der Waals surface area contributed by atoms with E-state index in [4.69, 9.17) is 34.7 Å². The third kappa shape index (κ3) is 4.39. The molecule has 0 aromatic heterocycles. The first-order valence-electron chi connectivity index (χ1n) is 5.05. The molecule has 0 amide bonds. The van der Waals surface area contributed by atoms with Gasteiger partial charge in [-0.2, -0.15) is 0 Å². The fraction of sp³-hybridized carbons (Fsp3) is 0.455. The van der Waals surface area contributed by atoms with Gasteiger partial charge in [0.2, 0.25) is 0 Å². The largest absolute Gasteiger partial charge is 0.330 e. The summed E-state index contributed by atoms with van der Waals surface area (Å²) in [6.45, 7) is 0.711. The molecule has 4 N–H and O–H groups in total. The Kier molecular flexibility index (Phi) is 5.40. The van der Waals surface area contributed by atoms with E-state index in [1.165, 1.54) is 0 Å². The third-order valence-electron chi connectivity index (χ3n) is 2.28. The second-order valence-electron chi connectivity index (χ2n) is 3.59. The monoisotopic (exact) mass is 246 g/mol. The number of halogens is 2. The summed E-state index contributed by atoms with van der Waals surface area (Å²) in [6.07, 6.45) is 2.94. The van der Waals surface area contributed by atoms with Crippen molar-refractivity contribution in [2.24, 2.45) is 11.5 Å². The molecule has 0 bridgehead atoms. The zero-order valence-corrected chi connectivity index (χ0v) is 10.1. The average Bonchev–Trinajstić information content (AvgIpc) is 2.16. The van der Waals surface area contributed by atoms with Crippen LogP contribution in [0.15, 0.2) is 18.2 Å². The lowest BCUT2D eigenvalue weighted by molar-refractivity contribution is 0.591. The molecule has 0 heterocycles. The summed E-state index contributed by atoms with van der Waals surface area (Å²) < 4.78 is 0. The van der Waals surface area contributed by atoms with Gasteiger partial charge in [0, 0.05) is 16.1 Å². The summed E-state index contributed by atoms with van der Waals surface area (Å²) in [6, 6.07) is 5.42. The molecular weight excluding hydrogens is 231 g/mol. The average molecular weight is 247 g/mol. The van der Waals surface area contributed by atoms with Crippen LogP contribution in [-0.4, -0.2) is 6.54 Å². The van der Waals surface area contributed by atoms with Crippen LogP contribution in [0.5, 0.6) is 0 Å². The molecule has 0 aliphatic carbocycles. The van der Waals surface area contributed by atoms with Gasteiger partial charge >= 0.3 is 0 Å². The summed E-state index contributed by atoms with van der Waals surface area (Å²) in [5.74, 6) is 0. The molecule has 84 valence electrons. The molecule has 0 spiro atoms. The second-order valence-corrected chi connectivity index (χ2v) is 4.47. The van der Waals surface area contributed by atoms with Crippen LogP contribution in [0.25, 0.3) is 0 Å². The van der Waals surface area contributed by atoms with E-state index in [1.54, 1.807) is 6.07 Å². The Morgan fingerprint density at radius 2 is 1.67 bits per heavy atom. The summed E-state index contributed by atoms with van der Waals surface area (Å²) in [5.41, 5.74) is 12.4. The molecule has 1 rings (SSSR count). The Bertz CT molecular complexity index is 295. The highest BCUT2D eigenvalue weighted by Gasteiger charge is 2.07. The van der Waals surface area contributed by atoms with E-state index < -0.39 is 0 Å². The van der Waals surface area contributed by atoms with Gasteiger partial charge in [-0.3, -0.25) is 0 Å². The van der Waals surface area contributed by atoms with Gasteiger partial charge in [-0.25, -0.2) is 0 Å². The van der Waals surface area contributed by atoms with Crippen LogP contribution < -0.4 is 11.5 Å². The molecule has 0 aliphatic rings. The number of unbranched alkanes of at least 4 members (excludes halogenated alkanes) is 1. The van der Waals surface area contributed by atoms with Crippen molar-refractivity contribution in [2.45, 2.75) is 25.3 Å². The highest BCUT2D eigenvalue weighted by atomic mass is 35.5. The minimum Gasteiger partial charge on any atom is -0.330 e. The lowest BCUT2D eigenvalue weighted by atomic mass is 10.0. The molecule has 4 heteroatoms. The van der Waals surface area contributed by atoms with E-state index in [2.05, 4.69) is 0 Å². The van der Waals surface area contributed by atoms with E-state index in [0.717, 1.165) is 24.8 Å². The minimum absolute atomic E-state index is 0.00671. The maximum atomic E-state index is 6.02. The van der Waals surface area contributed by atoms with Gasteiger partial charge in [0.1, 0.15) is 0 Å². The van der Waals surface area contributed by atoms with Gasteiger partial charge in [0.25, 0.3) is 0 Å². The van der Waals surface area contributed by atoms with Gasteiger partial charge in [0.05, 0.1) is 0 Å². The lowest BCUT2D eigenvalue weighted by Crippen LogP contribution is -2.11. The molecule has 1 aromatic carbocycles. The molecule has 1 aromatic rings. The summed E-state index contributed by atoms with van der Waals surface area (Å²) in [7, 11) is 0. The zero-order valence-electron chi connectivity index (χ0n) is 8.55. The SMILES string of the molecule is NCCCC[C@H](N)c1cc(Cl)cc(Cl)c1. The number of rotatable bonds is 5. The minimum atomic E-state index is -0.00671. The predicted octanol–water partition coefficient (Wildman–Crippen LogP) is 3.12. The van der Waals surface area contributed by atoms with Crippen molar-refractivity contribution in [1.29, 1.82) is 0 Å². The third-order valence-corrected chi connectivity index (χ3v) is 2.72. The van der Waals surface area contributed by atoms with Crippen molar-refractivity contribution in [3.05, 3.63) is 33.8 Å². The van der Waals surface area contributed by atoms with Gasteiger partial charge in [-0.05, 0) is 43.1 Å². The van der Waals surface area contributed by atoms with Crippen LogP contribution >= 0.6 is 23.2 Å². The number of nitrogens with two attached hydrogens (primary N) is 2. The Morgan fingerprint density at radius 3 is 2.20 bits per heavy atom.